The van der Waals surface area contributed by atoms with E-state index in [1.54, 1.807) is 0 Å². The van der Waals surface area contributed by atoms with E-state index in [0.29, 0.717) is 5.02 Å². The largest absolute Gasteiger partial charge is 0.444 e. The highest BCUT2D eigenvalue weighted by molar-refractivity contribution is 9.10. The highest BCUT2D eigenvalue weighted by Gasteiger charge is 2.45. The molecule has 2 bridgehead atoms. The van der Waals surface area contributed by atoms with E-state index in [9.17, 15) is 4.79 Å². The van der Waals surface area contributed by atoms with E-state index in [4.69, 9.17) is 21.4 Å². The monoisotopic (exact) mass is 439 g/mol. The standard InChI is InChI=1S/C19H23BrClN3O2/c1-19(2,3)26-18(25)24-12-5-6-13(24)9-14(8-12)23-10-11-4-7-15(20)16(21)17(11)22-23/h4,7,10,12-14H,5-6,8-9H2,1-3H3. The summed E-state index contributed by atoms with van der Waals surface area (Å²) in [6, 6.07) is 4.71. The van der Waals surface area contributed by atoms with Crippen molar-refractivity contribution in [3.05, 3.63) is 27.8 Å². The van der Waals surface area contributed by atoms with Gasteiger partial charge in [0.05, 0.1) is 11.1 Å². The van der Waals surface area contributed by atoms with E-state index < -0.39 is 5.60 Å². The molecule has 4 rings (SSSR count). The van der Waals surface area contributed by atoms with Gasteiger partial charge in [0.1, 0.15) is 11.1 Å². The van der Waals surface area contributed by atoms with Crippen LogP contribution in [0.3, 0.4) is 0 Å². The van der Waals surface area contributed by atoms with Crippen molar-refractivity contribution < 1.29 is 9.53 Å². The lowest BCUT2D eigenvalue weighted by molar-refractivity contribution is 0.00235. The van der Waals surface area contributed by atoms with Gasteiger partial charge in [-0.3, -0.25) is 4.68 Å². The number of piperidine rings is 1. The number of hydrogen-bond acceptors (Lipinski definition) is 3. The van der Waals surface area contributed by atoms with Crippen LogP contribution in [0.25, 0.3) is 10.9 Å². The van der Waals surface area contributed by atoms with Crippen molar-refractivity contribution in [2.45, 2.75) is 70.2 Å². The van der Waals surface area contributed by atoms with Gasteiger partial charge in [-0.1, -0.05) is 11.6 Å². The molecule has 2 unspecified atom stereocenters. The molecular weight excluding hydrogens is 418 g/mol. The fourth-order valence-electron chi connectivity index (χ4n) is 4.21. The van der Waals surface area contributed by atoms with Crippen molar-refractivity contribution in [1.29, 1.82) is 0 Å². The number of hydrogen-bond donors (Lipinski definition) is 0. The lowest BCUT2D eigenvalue weighted by Crippen LogP contribution is -2.48. The first kappa shape index (κ1) is 18.1. The number of halogens is 2. The molecule has 1 aromatic carbocycles. The smallest absolute Gasteiger partial charge is 0.410 e. The van der Waals surface area contributed by atoms with Crippen LogP contribution in [-0.2, 0) is 4.74 Å². The second-order valence-electron chi connectivity index (χ2n) is 8.31. The van der Waals surface area contributed by atoms with E-state index in [-0.39, 0.29) is 24.2 Å². The number of fused-ring (bicyclic) bond motifs is 3. The van der Waals surface area contributed by atoms with Crippen molar-refractivity contribution in [1.82, 2.24) is 14.7 Å². The minimum absolute atomic E-state index is 0.180. The molecule has 5 nitrogen and oxygen atoms in total. The average Bonchev–Trinajstić information content (AvgIpc) is 3.09. The van der Waals surface area contributed by atoms with Gasteiger partial charge in [-0.25, -0.2) is 4.79 Å². The molecule has 2 saturated heterocycles. The molecule has 7 heteroatoms. The predicted octanol–water partition coefficient (Wildman–Crippen LogP) is 5.56. The molecule has 2 aliphatic heterocycles. The van der Waals surface area contributed by atoms with Crippen molar-refractivity contribution >= 4 is 44.5 Å². The summed E-state index contributed by atoms with van der Waals surface area (Å²) >= 11 is 9.84. The molecule has 26 heavy (non-hydrogen) atoms. The summed E-state index contributed by atoms with van der Waals surface area (Å²) in [5, 5.41) is 6.43. The van der Waals surface area contributed by atoms with Crippen LogP contribution < -0.4 is 0 Å². The van der Waals surface area contributed by atoms with Gasteiger partial charge in [0.15, 0.2) is 0 Å². The lowest BCUT2D eigenvalue weighted by Gasteiger charge is -2.39. The molecule has 0 N–H and O–H groups in total. The molecule has 1 amide bonds. The predicted molar refractivity (Wildman–Crippen MR) is 106 cm³/mol. The highest BCUT2D eigenvalue weighted by Crippen LogP contribution is 2.42. The third kappa shape index (κ3) is 3.22. The third-order valence-electron chi connectivity index (χ3n) is 5.27. The van der Waals surface area contributed by atoms with E-state index >= 15 is 0 Å². The lowest BCUT2D eigenvalue weighted by atomic mass is 9.98. The maximum atomic E-state index is 12.6. The Labute approximate surface area is 166 Å². The first-order valence-electron chi connectivity index (χ1n) is 9.07. The van der Waals surface area contributed by atoms with Gasteiger partial charge in [-0.2, -0.15) is 5.10 Å². The molecule has 0 spiro atoms. The van der Waals surface area contributed by atoms with Crippen LogP contribution in [0.2, 0.25) is 5.02 Å². The topological polar surface area (TPSA) is 47.4 Å². The molecule has 0 saturated carbocycles. The van der Waals surface area contributed by atoms with Gasteiger partial charge >= 0.3 is 6.09 Å². The quantitative estimate of drug-likeness (QED) is 0.583. The average molecular weight is 441 g/mol. The zero-order valence-corrected chi connectivity index (χ0v) is 17.5. The van der Waals surface area contributed by atoms with Crippen molar-refractivity contribution in [3.63, 3.8) is 0 Å². The van der Waals surface area contributed by atoms with Crippen LogP contribution in [-0.4, -0.2) is 38.5 Å². The molecule has 2 fully saturated rings. The van der Waals surface area contributed by atoms with Gasteiger partial charge in [0, 0.05) is 28.1 Å². The molecule has 2 aliphatic rings. The third-order valence-corrected chi connectivity index (χ3v) is 6.55. The van der Waals surface area contributed by atoms with Crippen LogP contribution >= 0.6 is 27.5 Å². The summed E-state index contributed by atoms with van der Waals surface area (Å²) in [6.45, 7) is 5.74. The van der Waals surface area contributed by atoms with Crippen LogP contribution in [0.5, 0.6) is 0 Å². The summed E-state index contributed by atoms with van der Waals surface area (Å²) in [5.41, 5.74) is 0.361. The van der Waals surface area contributed by atoms with Gasteiger partial charge in [-0.15, -0.1) is 0 Å². The van der Waals surface area contributed by atoms with Crippen molar-refractivity contribution in [2.75, 3.05) is 0 Å². The Morgan fingerprint density at radius 2 is 1.88 bits per heavy atom. The summed E-state index contributed by atoms with van der Waals surface area (Å²) in [6.07, 6.45) is 5.77. The maximum absolute atomic E-state index is 12.6. The molecule has 140 valence electrons. The Morgan fingerprint density at radius 1 is 1.23 bits per heavy atom. The Balaban J connectivity index is 1.56. The highest BCUT2D eigenvalue weighted by atomic mass is 79.9. The summed E-state index contributed by atoms with van der Waals surface area (Å²) < 4.78 is 8.52. The summed E-state index contributed by atoms with van der Waals surface area (Å²) in [4.78, 5) is 14.6. The second-order valence-corrected chi connectivity index (χ2v) is 9.54. The normalized spacial score (nSPS) is 25.7. The van der Waals surface area contributed by atoms with E-state index in [0.717, 1.165) is 41.1 Å². The number of benzene rings is 1. The second kappa shape index (κ2) is 6.41. The summed E-state index contributed by atoms with van der Waals surface area (Å²) in [7, 11) is 0. The maximum Gasteiger partial charge on any atom is 0.410 e. The SMILES string of the molecule is CC(C)(C)OC(=O)N1C2CCC1CC(n1cc3ccc(Br)c(Cl)c3n1)C2. The van der Waals surface area contributed by atoms with Crippen LogP contribution in [0.4, 0.5) is 4.79 Å². The Kier molecular flexibility index (Phi) is 4.47. The number of ether oxygens (including phenoxy) is 1. The number of nitrogens with zero attached hydrogens (tertiary/aromatic N) is 3. The first-order valence-corrected chi connectivity index (χ1v) is 10.2. The van der Waals surface area contributed by atoms with Gasteiger partial charge in [0.2, 0.25) is 0 Å². The zero-order chi connectivity index (χ0) is 18.6. The molecule has 0 aliphatic carbocycles. The molecular formula is C19H23BrClN3O2. The molecule has 2 aromatic rings. The van der Waals surface area contributed by atoms with Crippen molar-refractivity contribution in [2.24, 2.45) is 0 Å². The Hall–Kier alpha value is -1.27. The van der Waals surface area contributed by atoms with Crippen molar-refractivity contribution in [3.8, 4) is 0 Å². The van der Waals surface area contributed by atoms with E-state index in [1.165, 1.54) is 0 Å². The Bertz CT molecular complexity index is 846. The van der Waals surface area contributed by atoms with Crippen LogP contribution in [0.1, 0.15) is 52.5 Å². The van der Waals surface area contributed by atoms with Gasteiger partial charge < -0.3 is 9.64 Å². The number of amides is 1. The van der Waals surface area contributed by atoms with Gasteiger partial charge in [-0.05, 0) is 74.5 Å². The van der Waals surface area contributed by atoms with E-state index in [2.05, 4.69) is 22.1 Å². The number of aromatic nitrogens is 2. The number of rotatable bonds is 1. The molecule has 0 radical (unpaired) electrons. The minimum atomic E-state index is -0.461. The molecule has 1 aromatic heterocycles. The number of carbonyl (C=O) groups is 1. The Morgan fingerprint density at radius 3 is 2.50 bits per heavy atom. The van der Waals surface area contributed by atoms with E-state index in [1.807, 2.05) is 42.5 Å². The fourth-order valence-corrected chi connectivity index (χ4v) is 4.74. The van der Waals surface area contributed by atoms with Crippen LogP contribution in [0, 0.1) is 0 Å². The molecule has 3 heterocycles. The number of carbonyl (C=O) groups excluding carboxylic acids is 1. The molecule has 2 atom stereocenters. The summed E-state index contributed by atoms with van der Waals surface area (Å²) in [5.74, 6) is 0. The first-order chi connectivity index (χ1) is 12.2. The minimum Gasteiger partial charge on any atom is -0.444 e. The fraction of sp³-hybridized carbons (Fsp3) is 0.579. The zero-order valence-electron chi connectivity index (χ0n) is 15.2. The van der Waals surface area contributed by atoms with Gasteiger partial charge in [0.25, 0.3) is 0 Å². The van der Waals surface area contributed by atoms with Crippen LogP contribution in [0.15, 0.2) is 22.8 Å².